The molecule has 4 rings (SSSR count). The van der Waals surface area contributed by atoms with Crippen LogP contribution in [-0.4, -0.2) is 24.0 Å². The molecule has 0 aliphatic rings. The number of hydrogen-bond donors (Lipinski definition) is 0. The largest absolute Gasteiger partial charge is 0.497 e. The molecule has 4 nitrogen and oxygen atoms in total. The highest BCUT2D eigenvalue weighted by Gasteiger charge is 2.19. The summed E-state index contributed by atoms with van der Waals surface area (Å²) in [5, 5.41) is 5.70. The lowest BCUT2D eigenvalue weighted by atomic mass is 10.0. The number of halogens is 1. The van der Waals surface area contributed by atoms with Crippen LogP contribution in [0.2, 0.25) is 5.02 Å². The predicted octanol–water partition coefficient (Wildman–Crippen LogP) is 6.49. The molecule has 0 fully saturated rings. The van der Waals surface area contributed by atoms with Crippen molar-refractivity contribution < 1.29 is 9.47 Å². The molecule has 0 bridgehead atoms. The van der Waals surface area contributed by atoms with Crippen molar-refractivity contribution in [1.29, 1.82) is 0 Å². The van der Waals surface area contributed by atoms with E-state index < -0.39 is 0 Å². The summed E-state index contributed by atoms with van der Waals surface area (Å²) in [4.78, 5) is 0. The minimum atomic E-state index is 0.715. The molecule has 0 aliphatic heterocycles. The fraction of sp³-hybridized carbons (Fsp3) is 0.160. The number of ether oxygens (including phenoxy) is 2. The Bertz CT molecular complexity index is 1180. The summed E-state index contributed by atoms with van der Waals surface area (Å²) < 4.78 is 12.6. The summed E-state index contributed by atoms with van der Waals surface area (Å²) in [6.45, 7) is 4.09. The van der Waals surface area contributed by atoms with Crippen molar-refractivity contribution in [3.63, 3.8) is 0 Å². The Morgan fingerprint density at radius 1 is 0.767 bits per heavy atom. The van der Waals surface area contributed by atoms with E-state index in [1.165, 1.54) is 0 Å². The maximum atomic E-state index is 6.43. The quantitative estimate of drug-likeness (QED) is 0.371. The summed E-state index contributed by atoms with van der Waals surface area (Å²) in [5.74, 6) is 1.63. The first-order chi connectivity index (χ1) is 14.5. The van der Waals surface area contributed by atoms with Gasteiger partial charge in [-0.1, -0.05) is 17.7 Å². The van der Waals surface area contributed by atoms with E-state index in [1.807, 2.05) is 78.3 Å². The van der Waals surface area contributed by atoms with E-state index in [2.05, 4.69) is 6.92 Å². The van der Waals surface area contributed by atoms with Crippen LogP contribution in [0, 0.1) is 13.8 Å². The van der Waals surface area contributed by atoms with Gasteiger partial charge in [0.1, 0.15) is 11.5 Å². The van der Waals surface area contributed by atoms with Crippen molar-refractivity contribution in [3.8, 4) is 39.7 Å². The average Bonchev–Trinajstić information content (AvgIpc) is 3.12. The maximum absolute atomic E-state index is 6.43. The highest BCUT2D eigenvalue weighted by atomic mass is 35.5. The first-order valence-electron chi connectivity index (χ1n) is 9.67. The minimum Gasteiger partial charge on any atom is -0.497 e. The third-order valence-corrected chi connectivity index (χ3v) is 5.66. The van der Waals surface area contributed by atoms with Crippen molar-refractivity contribution in [3.05, 3.63) is 82.9 Å². The number of benzene rings is 3. The van der Waals surface area contributed by atoms with E-state index in [0.717, 1.165) is 50.8 Å². The lowest BCUT2D eigenvalue weighted by Crippen LogP contribution is -2.00. The molecule has 0 spiro atoms. The van der Waals surface area contributed by atoms with Crippen LogP contribution in [0.25, 0.3) is 28.2 Å². The zero-order valence-electron chi connectivity index (χ0n) is 17.4. The Labute approximate surface area is 181 Å². The molecular weight excluding hydrogens is 396 g/mol. The molecule has 30 heavy (non-hydrogen) atoms. The molecule has 0 atom stereocenters. The Morgan fingerprint density at radius 3 is 1.87 bits per heavy atom. The van der Waals surface area contributed by atoms with Gasteiger partial charge in [-0.15, -0.1) is 0 Å². The van der Waals surface area contributed by atoms with E-state index in [1.54, 1.807) is 14.2 Å². The van der Waals surface area contributed by atoms with Crippen LogP contribution < -0.4 is 9.47 Å². The highest BCUT2D eigenvalue weighted by molar-refractivity contribution is 6.31. The van der Waals surface area contributed by atoms with Crippen molar-refractivity contribution in [2.45, 2.75) is 13.8 Å². The third-order valence-electron chi connectivity index (χ3n) is 5.25. The first-order valence-corrected chi connectivity index (χ1v) is 10.0. The normalized spacial score (nSPS) is 10.8. The molecule has 4 aromatic rings. The van der Waals surface area contributed by atoms with Gasteiger partial charge in [0.25, 0.3) is 0 Å². The van der Waals surface area contributed by atoms with Crippen LogP contribution in [0.1, 0.15) is 11.1 Å². The molecule has 5 heteroatoms. The Morgan fingerprint density at radius 2 is 1.33 bits per heavy atom. The van der Waals surface area contributed by atoms with Crippen LogP contribution in [0.4, 0.5) is 0 Å². The summed E-state index contributed by atoms with van der Waals surface area (Å²) in [7, 11) is 3.33. The van der Waals surface area contributed by atoms with E-state index in [4.69, 9.17) is 26.2 Å². The summed E-state index contributed by atoms with van der Waals surface area (Å²) in [5.41, 5.74) is 7.05. The molecule has 0 saturated heterocycles. The molecule has 0 N–H and O–H groups in total. The van der Waals surface area contributed by atoms with Gasteiger partial charge in [-0.05, 0) is 80.1 Å². The Kier molecular flexibility index (Phi) is 5.51. The zero-order valence-corrected chi connectivity index (χ0v) is 18.2. The number of aryl methyl sites for hydroxylation is 1. The number of nitrogens with zero attached hydrogens (tertiary/aromatic N) is 2. The summed E-state index contributed by atoms with van der Waals surface area (Å²) in [6, 6.07) is 22.0. The average molecular weight is 419 g/mol. The second-order valence-corrected chi connectivity index (χ2v) is 7.53. The molecule has 152 valence electrons. The van der Waals surface area contributed by atoms with Crippen LogP contribution in [0.3, 0.4) is 0 Å². The SMILES string of the molecule is COc1ccc(-c2nn(-c3ccc(C)c(Cl)c3)c(-c3ccc(OC)cc3)c2C)cc1. The van der Waals surface area contributed by atoms with E-state index in [9.17, 15) is 0 Å². The molecule has 3 aromatic carbocycles. The highest BCUT2D eigenvalue weighted by Crippen LogP contribution is 2.35. The monoisotopic (exact) mass is 418 g/mol. The number of rotatable bonds is 5. The fourth-order valence-corrected chi connectivity index (χ4v) is 3.68. The van der Waals surface area contributed by atoms with Crippen LogP contribution in [0.15, 0.2) is 66.7 Å². The van der Waals surface area contributed by atoms with E-state index >= 15 is 0 Å². The van der Waals surface area contributed by atoms with Crippen LogP contribution in [-0.2, 0) is 0 Å². The van der Waals surface area contributed by atoms with Crippen molar-refractivity contribution >= 4 is 11.6 Å². The standard InChI is InChI=1S/C25H23ClN2O2/c1-16-5-10-20(15-23(16)26)28-25(19-8-13-22(30-4)14-9-19)17(2)24(27-28)18-6-11-21(29-3)12-7-18/h5-15H,1-4H3. The van der Waals surface area contributed by atoms with Crippen LogP contribution >= 0.6 is 11.6 Å². The third kappa shape index (κ3) is 3.66. The molecule has 0 unspecified atom stereocenters. The Balaban J connectivity index is 1.92. The summed E-state index contributed by atoms with van der Waals surface area (Å²) in [6.07, 6.45) is 0. The van der Waals surface area contributed by atoms with Gasteiger partial charge in [0.15, 0.2) is 0 Å². The fourth-order valence-electron chi connectivity index (χ4n) is 3.51. The summed E-state index contributed by atoms with van der Waals surface area (Å²) >= 11 is 6.43. The number of hydrogen-bond acceptors (Lipinski definition) is 3. The van der Waals surface area contributed by atoms with Gasteiger partial charge < -0.3 is 9.47 Å². The van der Waals surface area contributed by atoms with E-state index in [-0.39, 0.29) is 0 Å². The van der Waals surface area contributed by atoms with Gasteiger partial charge in [0.05, 0.1) is 31.3 Å². The minimum absolute atomic E-state index is 0.715. The second kappa shape index (κ2) is 8.25. The topological polar surface area (TPSA) is 36.3 Å². The molecule has 1 aromatic heterocycles. The predicted molar refractivity (Wildman–Crippen MR) is 122 cm³/mol. The molecule has 0 aliphatic carbocycles. The van der Waals surface area contributed by atoms with Crippen molar-refractivity contribution in [1.82, 2.24) is 9.78 Å². The van der Waals surface area contributed by atoms with Crippen LogP contribution in [0.5, 0.6) is 11.5 Å². The maximum Gasteiger partial charge on any atom is 0.118 e. The smallest absolute Gasteiger partial charge is 0.118 e. The lowest BCUT2D eigenvalue weighted by Gasteiger charge is -2.10. The molecule has 0 amide bonds. The molecule has 0 saturated carbocycles. The number of methoxy groups -OCH3 is 2. The lowest BCUT2D eigenvalue weighted by molar-refractivity contribution is 0.414. The van der Waals surface area contributed by atoms with Gasteiger partial charge in [0.2, 0.25) is 0 Å². The van der Waals surface area contributed by atoms with Crippen molar-refractivity contribution in [2.24, 2.45) is 0 Å². The number of aromatic nitrogens is 2. The Hall–Kier alpha value is -3.24. The van der Waals surface area contributed by atoms with Gasteiger partial charge in [-0.25, -0.2) is 4.68 Å². The van der Waals surface area contributed by atoms with E-state index in [0.29, 0.717) is 5.02 Å². The van der Waals surface area contributed by atoms with Gasteiger partial charge in [-0.2, -0.15) is 5.10 Å². The van der Waals surface area contributed by atoms with Gasteiger partial charge in [-0.3, -0.25) is 0 Å². The molecule has 1 heterocycles. The molecular formula is C25H23ClN2O2. The first kappa shape index (κ1) is 20.0. The second-order valence-electron chi connectivity index (χ2n) is 7.12. The van der Waals surface area contributed by atoms with Gasteiger partial charge >= 0.3 is 0 Å². The molecule has 0 radical (unpaired) electrons. The zero-order chi connectivity index (χ0) is 21.3. The van der Waals surface area contributed by atoms with Gasteiger partial charge in [0, 0.05) is 21.7 Å². The van der Waals surface area contributed by atoms with Crippen molar-refractivity contribution in [2.75, 3.05) is 14.2 Å².